The monoisotopic (exact) mass is 278 g/mol. The largest absolute Gasteiger partial charge is 0.478 e. The maximum Gasteiger partial charge on any atom is 0.335 e. The van der Waals surface area contributed by atoms with Gasteiger partial charge in [0.05, 0.1) is 10.5 Å². The van der Waals surface area contributed by atoms with Gasteiger partial charge in [-0.2, -0.15) is 0 Å². The number of nitrogens with one attached hydrogen (secondary N) is 1. The number of carboxylic acids is 1. The molecule has 1 aliphatic rings. The van der Waals surface area contributed by atoms with E-state index in [0.29, 0.717) is 5.69 Å². The molecule has 0 aliphatic heterocycles. The molecule has 0 saturated heterocycles. The summed E-state index contributed by atoms with van der Waals surface area (Å²) in [4.78, 5) is 21.4. The van der Waals surface area contributed by atoms with E-state index >= 15 is 0 Å². The molecule has 2 rings (SSSR count). The smallest absolute Gasteiger partial charge is 0.335 e. The summed E-state index contributed by atoms with van der Waals surface area (Å²) in [5, 5.41) is 23.2. The van der Waals surface area contributed by atoms with Crippen LogP contribution in [-0.2, 0) is 0 Å². The van der Waals surface area contributed by atoms with E-state index in [1.54, 1.807) is 0 Å². The zero-order valence-electron chi connectivity index (χ0n) is 11.2. The quantitative estimate of drug-likeness (QED) is 0.500. The molecule has 1 fully saturated rings. The number of nitrogens with zero attached hydrogens (tertiary/aromatic N) is 1. The van der Waals surface area contributed by atoms with Gasteiger partial charge < -0.3 is 10.4 Å². The summed E-state index contributed by atoms with van der Waals surface area (Å²) in [5.41, 5.74) is 0.171. The molecular weight excluding hydrogens is 260 g/mol. The van der Waals surface area contributed by atoms with Crippen LogP contribution in [0.3, 0.4) is 0 Å². The predicted octanol–water partition coefficient (Wildman–Crippen LogP) is 3.43. The molecule has 2 N–H and O–H groups in total. The van der Waals surface area contributed by atoms with Crippen LogP contribution < -0.4 is 5.32 Å². The highest BCUT2D eigenvalue weighted by Crippen LogP contribution is 2.29. The maximum atomic E-state index is 11.1. The lowest BCUT2D eigenvalue weighted by Crippen LogP contribution is -2.19. The lowest BCUT2D eigenvalue weighted by molar-refractivity contribution is -0.384. The van der Waals surface area contributed by atoms with Gasteiger partial charge in [-0.15, -0.1) is 0 Å². The summed E-state index contributed by atoms with van der Waals surface area (Å²) < 4.78 is 0. The summed E-state index contributed by atoms with van der Waals surface area (Å²) in [6.45, 7) is 0. The Bertz CT molecular complexity index is 508. The first kappa shape index (κ1) is 14.3. The Labute approximate surface area is 117 Å². The number of benzene rings is 1. The Kier molecular flexibility index (Phi) is 4.55. The lowest BCUT2D eigenvalue weighted by Gasteiger charge is -2.17. The molecule has 0 aromatic heterocycles. The number of nitro groups is 1. The van der Waals surface area contributed by atoms with Crippen molar-refractivity contribution in [2.24, 2.45) is 0 Å². The van der Waals surface area contributed by atoms with Crippen molar-refractivity contribution >= 4 is 17.3 Å². The van der Waals surface area contributed by atoms with E-state index in [1.807, 2.05) is 0 Å². The third-order valence-electron chi connectivity index (χ3n) is 3.66. The fourth-order valence-corrected chi connectivity index (χ4v) is 2.58. The van der Waals surface area contributed by atoms with Crippen LogP contribution in [0, 0.1) is 10.1 Å². The van der Waals surface area contributed by atoms with Gasteiger partial charge in [0, 0.05) is 12.1 Å². The van der Waals surface area contributed by atoms with Crippen molar-refractivity contribution in [3.05, 3.63) is 33.9 Å². The van der Waals surface area contributed by atoms with Crippen molar-refractivity contribution in [2.45, 2.75) is 44.6 Å². The van der Waals surface area contributed by atoms with E-state index in [2.05, 4.69) is 5.32 Å². The van der Waals surface area contributed by atoms with Gasteiger partial charge in [0.2, 0.25) is 0 Å². The third-order valence-corrected chi connectivity index (χ3v) is 3.66. The highest BCUT2D eigenvalue weighted by molar-refractivity contribution is 5.89. The number of carboxylic acid groups (broad SMARTS) is 1. The van der Waals surface area contributed by atoms with Crippen LogP contribution in [0.2, 0.25) is 0 Å². The molecule has 0 heterocycles. The minimum atomic E-state index is -1.16. The molecular formula is C14H18N2O4. The number of hydrogen-bond donors (Lipinski definition) is 2. The van der Waals surface area contributed by atoms with Crippen molar-refractivity contribution in [3.63, 3.8) is 0 Å². The van der Waals surface area contributed by atoms with E-state index in [9.17, 15) is 14.9 Å². The molecule has 0 bridgehead atoms. The lowest BCUT2D eigenvalue weighted by atomic mass is 10.1. The summed E-state index contributed by atoms with van der Waals surface area (Å²) in [5.74, 6) is -1.16. The van der Waals surface area contributed by atoms with Crippen LogP contribution in [0.1, 0.15) is 48.9 Å². The topological polar surface area (TPSA) is 92.5 Å². The molecule has 1 saturated carbocycles. The third kappa shape index (κ3) is 3.46. The van der Waals surface area contributed by atoms with E-state index in [4.69, 9.17) is 5.11 Å². The summed E-state index contributed by atoms with van der Waals surface area (Å²) in [6.07, 6.45) is 6.66. The molecule has 0 atom stereocenters. The SMILES string of the molecule is O=C(O)c1ccc(NC2CCCCCC2)c([N+](=O)[O-])c1. The van der Waals surface area contributed by atoms with E-state index in [-0.39, 0.29) is 17.3 Å². The Morgan fingerprint density at radius 2 is 1.90 bits per heavy atom. The normalized spacial score (nSPS) is 16.4. The average Bonchev–Trinajstić information content (AvgIpc) is 2.67. The van der Waals surface area contributed by atoms with Crippen LogP contribution in [0.25, 0.3) is 0 Å². The van der Waals surface area contributed by atoms with Crippen molar-refractivity contribution < 1.29 is 14.8 Å². The number of nitro benzene ring substituents is 1. The Balaban J connectivity index is 2.21. The van der Waals surface area contributed by atoms with Gasteiger partial charge in [0.15, 0.2) is 0 Å². The second-order valence-corrected chi connectivity index (χ2v) is 5.13. The van der Waals surface area contributed by atoms with Gasteiger partial charge in [-0.25, -0.2) is 4.79 Å². The fraction of sp³-hybridized carbons (Fsp3) is 0.500. The second-order valence-electron chi connectivity index (χ2n) is 5.13. The van der Waals surface area contributed by atoms with E-state index in [1.165, 1.54) is 25.0 Å². The van der Waals surface area contributed by atoms with Crippen molar-refractivity contribution in [2.75, 3.05) is 5.32 Å². The maximum absolute atomic E-state index is 11.1. The molecule has 0 amide bonds. The first-order valence-corrected chi connectivity index (χ1v) is 6.86. The molecule has 6 heteroatoms. The van der Waals surface area contributed by atoms with Gasteiger partial charge >= 0.3 is 5.97 Å². The van der Waals surface area contributed by atoms with E-state index < -0.39 is 10.9 Å². The summed E-state index contributed by atoms with van der Waals surface area (Å²) in [7, 11) is 0. The standard InChI is InChI=1S/C14H18N2O4/c17-14(18)10-7-8-12(13(9-10)16(19)20)15-11-5-3-1-2-4-6-11/h7-9,11,15H,1-6H2,(H,17,18). The molecule has 0 unspecified atom stereocenters. The number of rotatable bonds is 4. The number of hydrogen-bond acceptors (Lipinski definition) is 4. The van der Waals surface area contributed by atoms with Gasteiger partial charge in [0.1, 0.15) is 5.69 Å². The number of aromatic carboxylic acids is 1. The fourth-order valence-electron chi connectivity index (χ4n) is 2.58. The number of carbonyl (C=O) groups is 1. The second kappa shape index (κ2) is 6.36. The zero-order valence-corrected chi connectivity index (χ0v) is 11.2. The molecule has 6 nitrogen and oxygen atoms in total. The molecule has 108 valence electrons. The van der Waals surface area contributed by atoms with Crippen LogP contribution >= 0.6 is 0 Å². The Morgan fingerprint density at radius 1 is 1.25 bits per heavy atom. The first-order chi connectivity index (χ1) is 9.58. The zero-order chi connectivity index (χ0) is 14.5. The Morgan fingerprint density at radius 3 is 2.45 bits per heavy atom. The Hall–Kier alpha value is -2.11. The molecule has 0 spiro atoms. The molecule has 0 radical (unpaired) electrons. The summed E-state index contributed by atoms with van der Waals surface area (Å²) in [6, 6.07) is 4.23. The molecule has 20 heavy (non-hydrogen) atoms. The van der Waals surface area contributed by atoms with Crippen LogP contribution in [0.4, 0.5) is 11.4 Å². The minimum absolute atomic E-state index is 0.0666. The van der Waals surface area contributed by atoms with E-state index in [0.717, 1.165) is 31.7 Å². The van der Waals surface area contributed by atoms with Gasteiger partial charge in [-0.3, -0.25) is 10.1 Å². The highest BCUT2D eigenvalue weighted by atomic mass is 16.6. The first-order valence-electron chi connectivity index (χ1n) is 6.86. The molecule has 1 aliphatic carbocycles. The van der Waals surface area contributed by atoms with Crippen LogP contribution in [0.5, 0.6) is 0 Å². The van der Waals surface area contributed by atoms with Gasteiger partial charge in [0.25, 0.3) is 5.69 Å². The van der Waals surface area contributed by atoms with Crippen LogP contribution in [-0.4, -0.2) is 22.0 Å². The molecule has 1 aromatic rings. The number of anilines is 1. The predicted molar refractivity (Wildman–Crippen MR) is 75.2 cm³/mol. The van der Waals surface area contributed by atoms with Gasteiger partial charge in [-0.1, -0.05) is 25.7 Å². The van der Waals surface area contributed by atoms with Crippen molar-refractivity contribution in [1.82, 2.24) is 0 Å². The van der Waals surface area contributed by atoms with Crippen molar-refractivity contribution in [1.29, 1.82) is 0 Å². The van der Waals surface area contributed by atoms with Gasteiger partial charge in [-0.05, 0) is 25.0 Å². The van der Waals surface area contributed by atoms with Crippen molar-refractivity contribution in [3.8, 4) is 0 Å². The van der Waals surface area contributed by atoms with Crippen LogP contribution in [0.15, 0.2) is 18.2 Å². The highest BCUT2D eigenvalue weighted by Gasteiger charge is 2.20. The summed E-state index contributed by atoms with van der Waals surface area (Å²) >= 11 is 0. The molecule has 1 aromatic carbocycles. The minimum Gasteiger partial charge on any atom is -0.478 e. The average molecular weight is 278 g/mol.